The molecule has 0 bridgehead atoms. The second-order valence-electron chi connectivity index (χ2n) is 7.87. The molecule has 0 saturated heterocycles. The van der Waals surface area contributed by atoms with Crippen molar-refractivity contribution in [2.75, 3.05) is 19.7 Å². The molecule has 0 unspecified atom stereocenters. The third kappa shape index (κ3) is 6.54. The molecule has 9 heteroatoms. The highest BCUT2D eigenvalue weighted by Crippen LogP contribution is 2.20. The van der Waals surface area contributed by atoms with E-state index in [1.165, 1.54) is 28.9 Å². The maximum Gasteiger partial charge on any atom is 0.267 e. The van der Waals surface area contributed by atoms with Crippen molar-refractivity contribution in [3.8, 4) is 28.4 Å². The molecule has 4 rings (SSSR count). The number of benzene rings is 2. The first-order chi connectivity index (χ1) is 17.0. The Morgan fingerprint density at radius 1 is 0.971 bits per heavy atom. The van der Waals surface area contributed by atoms with Crippen molar-refractivity contribution in [1.29, 1.82) is 0 Å². The van der Waals surface area contributed by atoms with E-state index in [4.69, 9.17) is 4.74 Å². The summed E-state index contributed by atoms with van der Waals surface area (Å²) in [5, 5.41) is 7.54. The number of nitrogens with zero attached hydrogens (tertiary/aromatic N) is 4. The maximum absolute atomic E-state index is 13.6. The third-order valence-electron chi connectivity index (χ3n) is 5.19. The number of aromatic nitrogens is 4. The highest BCUT2D eigenvalue weighted by Gasteiger charge is 2.09. The van der Waals surface area contributed by atoms with Gasteiger partial charge in [-0.1, -0.05) is 25.1 Å². The number of hydrogen-bond acceptors (Lipinski definition) is 6. The van der Waals surface area contributed by atoms with Gasteiger partial charge in [0.05, 0.1) is 31.2 Å². The lowest BCUT2D eigenvalue weighted by atomic mass is 10.1. The van der Waals surface area contributed by atoms with E-state index in [0.717, 1.165) is 36.7 Å². The molecular weight excluding hydrogens is 452 g/mol. The molecule has 2 aromatic carbocycles. The highest BCUT2D eigenvalue weighted by molar-refractivity contribution is 5.58. The van der Waals surface area contributed by atoms with Gasteiger partial charge in [0.15, 0.2) is 11.6 Å². The Morgan fingerprint density at radius 2 is 1.74 bits per heavy atom. The van der Waals surface area contributed by atoms with Gasteiger partial charge in [0.25, 0.3) is 5.56 Å². The summed E-state index contributed by atoms with van der Waals surface area (Å²) in [7, 11) is 0. The number of hydrogen-bond donors (Lipinski definition) is 1. The van der Waals surface area contributed by atoms with Crippen LogP contribution in [0.4, 0.5) is 8.78 Å². The molecule has 0 aliphatic rings. The van der Waals surface area contributed by atoms with Gasteiger partial charge in [0.2, 0.25) is 0 Å². The van der Waals surface area contributed by atoms with Gasteiger partial charge in [0.1, 0.15) is 11.6 Å². The molecule has 0 saturated carbocycles. The van der Waals surface area contributed by atoms with Crippen LogP contribution in [-0.4, -0.2) is 39.4 Å². The fourth-order valence-corrected chi connectivity index (χ4v) is 3.50. The van der Waals surface area contributed by atoms with Gasteiger partial charge in [-0.2, -0.15) is 5.10 Å². The number of nitrogens with one attached hydrogen (secondary N) is 1. The molecule has 0 amide bonds. The smallest absolute Gasteiger partial charge is 0.267 e. The molecule has 0 aliphatic carbocycles. The quantitative estimate of drug-likeness (QED) is 0.347. The average Bonchev–Trinajstić information content (AvgIpc) is 2.85. The molecule has 180 valence electrons. The predicted molar refractivity (Wildman–Crippen MR) is 129 cm³/mol. The summed E-state index contributed by atoms with van der Waals surface area (Å²) in [6.07, 6.45) is 4.16. The van der Waals surface area contributed by atoms with Crippen LogP contribution in [0.25, 0.3) is 22.6 Å². The van der Waals surface area contributed by atoms with Crippen LogP contribution in [0.3, 0.4) is 0 Å². The second kappa shape index (κ2) is 11.4. The molecule has 4 aromatic rings. The van der Waals surface area contributed by atoms with Gasteiger partial charge in [0, 0.05) is 23.3 Å². The third-order valence-corrected chi connectivity index (χ3v) is 5.19. The predicted octanol–water partition coefficient (Wildman–Crippen LogP) is 4.07. The van der Waals surface area contributed by atoms with Crippen LogP contribution in [0, 0.1) is 11.6 Å². The Hall–Kier alpha value is -3.98. The molecule has 35 heavy (non-hydrogen) atoms. The maximum atomic E-state index is 13.6. The first kappa shape index (κ1) is 24.2. The van der Waals surface area contributed by atoms with Crippen LogP contribution in [0.5, 0.6) is 5.75 Å². The molecule has 0 atom stereocenters. The molecule has 0 aliphatic heterocycles. The van der Waals surface area contributed by atoms with E-state index in [1.807, 2.05) is 24.3 Å². The summed E-state index contributed by atoms with van der Waals surface area (Å²) in [4.78, 5) is 21.2. The minimum atomic E-state index is -0.711. The number of rotatable bonds is 10. The van der Waals surface area contributed by atoms with Crippen LogP contribution in [0.15, 0.2) is 71.8 Å². The Bertz CT molecular complexity index is 1320. The van der Waals surface area contributed by atoms with E-state index >= 15 is 0 Å². The zero-order valence-corrected chi connectivity index (χ0v) is 19.2. The van der Waals surface area contributed by atoms with E-state index in [-0.39, 0.29) is 17.7 Å². The lowest BCUT2D eigenvalue weighted by Gasteiger charge is -2.09. The van der Waals surface area contributed by atoms with Crippen molar-refractivity contribution < 1.29 is 13.5 Å². The zero-order valence-electron chi connectivity index (χ0n) is 19.2. The number of ether oxygens (including phenoxy) is 1. The Balaban J connectivity index is 1.48. The van der Waals surface area contributed by atoms with Crippen molar-refractivity contribution in [1.82, 2.24) is 25.1 Å². The summed E-state index contributed by atoms with van der Waals surface area (Å²) in [6.45, 7) is 4.63. The summed E-state index contributed by atoms with van der Waals surface area (Å²) < 4.78 is 34.2. The van der Waals surface area contributed by atoms with E-state index in [2.05, 4.69) is 27.3 Å². The normalized spacial score (nSPS) is 10.9. The van der Waals surface area contributed by atoms with Crippen molar-refractivity contribution >= 4 is 0 Å². The monoisotopic (exact) mass is 477 g/mol. The van der Waals surface area contributed by atoms with Gasteiger partial charge in [-0.05, 0) is 49.3 Å². The summed E-state index contributed by atoms with van der Waals surface area (Å²) in [6, 6.07) is 13.4. The molecular formula is C26H25F2N5O2. The first-order valence-corrected chi connectivity index (χ1v) is 11.3. The molecule has 2 aromatic heterocycles. The van der Waals surface area contributed by atoms with Gasteiger partial charge in [-0.3, -0.25) is 4.79 Å². The van der Waals surface area contributed by atoms with E-state index in [1.54, 1.807) is 12.4 Å². The van der Waals surface area contributed by atoms with Crippen LogP contribution in [-0.2, 0) is 6.54 Å². The van der Waals surface area contributed by atoms with Crippen LogP contribution in [0.2, 0.25) is 0 Å². The molecule has 1 N–H and O–H groups in total. The SMILES string of the molecule is CCNCCCOc1cnc(-c2cccc(Cn3nc(-c4cc(F)cc(F)c4)ccc3=O)c2)nc1. The zero-order chi connectivity index (χ0) is 24.6. The Kier molecular flexibility index (Phi) is 7.89. The Morgan fingerprint density at radius 3 is 2.49 bits per heavy atom. The number of halogens is 2. The minimum Gasteiger partial charge on any atom is -0.490 e. The topological polar surface area (TPSA) is 81.9 Å². The van der Waals surface area contributed by atoms with Crippen molar-refractivity contribution in [2.24, 2.45) is 0 Å². The van der Waals surface area contributed by atoms with Gasteiger partial charge in [-0.15, -0.1) is 0 Å². The van der Waals surface area contributed by atoms with Crippen LogP contribution < -0.4 is 15.6 Å². The van der Waals surface area contributed by atoms with Gasteiger partial charge >= 0.3 is 0 Å². The molecule has 2 heterocycles. The lowest BCUT2D eigenvalue weighted by Crippen LogP contribution is -2.22. The van der Waals surface area contributed by atoms with Crippen molar-refractivity contribution in [3.05, 3.63) is 94.5 Å². The minimum absolute atomic E-state index is 0.172. The molecule has 7 nitrogen and oxygen atoms in total. The average molecular weight is 478 g/mol. The van der Waals surface area contributed by atoms with Crippen LogP contribution in [0.1, 0.15) is 18.9 Å². The summed E-state index contributed by atoms with van der Waals surface area (Å²) >= 11 is 0. The van der Waals surface area contributed by atoms with Gasteiger partial charge in [-0.25, -0.2) is 23.4 Å². The Labute approximate surface area is 201 Å². The first-order valence-electron chi connectivity index (χ1n) is 11.3. The second-order valence-corrected chi connectivity index (χ2v) is 7.87. The standard InChI is InChI=1S/C26H25F2N5O2/c1-2-29-9-4-10-35-23-15-30-26(31-16-23)19-6-3-5-18(11-19)17-33-25(34)8-7-24(32-33)20-12-21(27)14-22(28)13-20/h3,5-8,11-16,29H,2,4,9-10,17H2,1H3. The van der Waals surface area contributed by atoms with E-state index in [0.29, 0.717) is 23.9 Å². The molecule has 0 radical (unpaired) electrons. The summed E-state index contributed by atoms with van der Waals surface area (Å²) in [5.41, 5.74) is 1.79. The summed E-state index contributed by atoms with van der Waals surface area (Å²) in [5.74, 6) is -0.298. The molecule has 0 fully saturated rings. The van der Waals surface area contributed by atoms with Crippen LogP contribution >= 0.6 is 0 Å². The molecule has 0 spiro atoms. The lowest BCUT2D eigenvalue weighted by molar-refractivity contribution is 0.306. The van der Waals surface area contributed by atoms with Crippen molar-refractivity contribution in [2.45, 2.75) is 19.9 Å². The van der Waals surface area contributed by atoms with Gasteiger partial charge < -0.3 is 10.1 Å². The fraction of sp³-hybridized carbons (Fsp3) is 0.231. The fourth-order valence-electron chi connectivity index (χ4n) is 3.50. The highest BCUT2D eigenvalue weighted by atomic mass is 19.1. The van der Waals surface area contributed by atoms with E-state index < -0.39 is 11.6 Å². The largest absolute Gasteiger partial charge is 0.490 e. The van der Waals surface area contributed by atoms with Crippen molar-refractivity contribution in [3.63, 3.8) is 0 Å². The van der Waals surface area contributed by atoms with E-state index in [9.17, 15) is 13.6 Å².